The van der Waals surface area contributed by atoms with Crippen molar-refractivity contribution in [1.29, 1.82) is 0 Å². The molecule has 0 radical (unpaired) electrons. The molecule has 2 unspecified atom stereocenters. The molecule has 3 nitrogen and oxygen atoms in total. The minimum atomic E-state index is 0.601. The van der Waals surface area contributed by atoms with Gasteiger partial charge in [-0.25, -0.2) is 0 Å². The quantitative estimate of drug-likeness (QED) is 0.639. The number of hydroxylamine groups is 2. The zero-order valence-electron chi connectivity index (χ0n) is 8.34. The van der Waals surface area contributed by atoms with E-state index in [9.17, 15) is 0 Å². The molecule has 3 heteroatoms. The molecular weight excluding hydrogens is 152 g/mol. The summed E-state index contributed by atoms with van der Waals surface area (Å²) < 4.78 is 0. The molecule has 2 atom stereocenters. The van der Waals surface area contributed by atoms with Crippen LogP contribution in [0.3, 0.4) is 0 Å². The zero-order valence-corrected chi connectivity index (χ0v) is 8.34. The van der Waals surface area contributed by atoms with E-state index in [1.54, 1.807) is 7.11 Å². The van der Waals surface area contributed by atoms with E-state index in [2.05, 4.69) is 12.2 Å². The fraction of sp³-hybridized carbons (Fsp3) is 1.00. The molecule has 1 N–H and O–H groups in total. The number of nitrogens with zero attached hydrogens (tertiary/aromatic N) is 1. The summed E-state index contributed by atoms with van der Waals surface area (Å²) in [6.07, 6.45) is 2.66. The standard InChI is InChI=1S/C9H20N2O/c1-8-5-4-6-10-9(8)7-11(2)12-3/h8-10H,4-7H2,1-3H3. The van der Waals surface area contributed by atoms with Gasteiger partial charge >= 0.3 is 0 Å². The summed E-state index contributed by atoms with van der Waals surface area (Å²) >= 11 is 0. The summed E-state index contributed by atoms with van der Waals surface area (Å²) in [4.78, 5) is 5.09. The van der Waals surface area contributed by atoms with Gasteiger partial charge in [-0.3, -0.25) is 0 Å². The van der Waals surface area contributed by atoms with Crippen molar-refractivity contribution in [2.75, 3.05) is 27.2 Å². The van der Waals surface area contributed by atoms with Gasteiger partial charge in [0.2, 0.25) is 0 Å². The third-order valence-corrected chi connectivity index (χ3v) is 2.70. The molecule has 12 heavy (non-hydrogen) atoms. The highest BCUT2D eigenvalue weighted by atomic mass is 16.7. The van der Waals surface area contributed by atoms with Crippen molar-refractivity contribution in [3.63, 3.8) is 0 Å². The molecule has 0 spiro atoms. The molecule has 1 rings (SSSR count). The Morgan fingerprint density at radius 3 is 2.92 bits per heavy atom. The molecule has 0 aliphatic carbocycles. The number of rotatable bonds is 3. The average molecular weight is 172 g/mol. The first-order valence-corrected chi connectivity index (χ1v) is 4.72. The molecule has 0 saturated carbocycles. The summed E-state index contributed by atoms with van der Waals surface area (Å²) in [6.45, 7) is 4.45. The summed E-state index contributed by atoms with van der Waals surface area (Å²) in [5, 5.41) is 5.40. The Kier molecular flexibility index (Phi) is 3.98. The average Bonchev–Trinajstić information content (AvgIpc) is 2.09. The van der Waals surface area contributed by atoms with E-state index in [-0.39, 0.29) is 0 Å². The lowest BCUT2D eigenvalue weighted by Crippen LogP contribution is -2.46. The molecule has 72 valence electrons. The van der Waals surface area contributed by atoms with Crippen LogP contribution in [0.4, 0.5) is 0 Å². The van der Waals surface area contributed by atoms with Crippen molar-refractivity contribution in [1.82, 2.24) is 10.4 Å². The lowest BCUT2D eigenvalue weighted by Gasteiger charge is -2.32. The monoisotopic (exact) mass is 172 g/mol. The number of hydrogen-bond acceptors (Lipinski definition) is 3. The van der Waals surface area contributed by atoms with Gasteiger partial charge in [-0.15, -0.1) is 0 Å². The van der Waals surface area contributed by atoms with Crippen LogP contribution >= 0.6 is 0 Å². The van der Waals surface area contributed by atoms with Crippen molar-refractivity contribution >= 4 is 0 Å². The second kappa shape index (κ2) is 4.80. The van der Waals surface area contributed by atoms with Crippen molar-refractivity contribution in [3.05, 3.63) is 0 Å². The molecule has 1 aliphatic heterocycles. The van der Waals surface area contributed by atoms with E-state index in [1.807, 2.05) is 12.1 Å². The van der Waals surface area contributed by atoms with Gasteiger partial charge in [0.1, 0.15) is 0 Å². The van der Waals surface area contributed by atoms with Crippen LogP contribution in [0.5, 0.6) is 0 Å². The van der Waals surface area contributed by atoms with Crippen LogP contribution in [0.2, 0.25) is 0 Å². The first-order valence-electron chi connectivity index (χ1n) is 4.72. The molecule has 0 aromatic rings. The van der Waals surface area contributed by atoms with Gasteiger partial charge in [-0.05, 0) is 25.3 Å². The van der Waals surface area contributed by atoms with E-state index in [1.165, 1.54) is 12.8 Å². The molecular formula is C9H20N2O. The van der Waals surface area contributed by atoms with E-state index in [4.69, 9.17) is 4.84 Å². The van der Waals surface area contributed by atoms with Crippen molar-refractivity contribution in [3.8, 4) is 0 Å². The Morgan fingerprint density at radius 1 is 1.58 bits per heavy atom. The molecule has 1 fully saturated rings. The van der Waals surface area contributed by atoms with E-state index in [0.29, 0.717) is 6.04 Å². The second-order valence-corrected chi connectivity index (χ2v) is 3.67. The predicted octanol–water partition coefficient (Wildman–Crippen LogP) is 0.868. The fourth-order valence-corrected chi connectivity index (χ4v) is 1.71. The normalized spacial score (nSPS) is 31.0. The van der Waals surface area contributed by atoms with Gasteiger partial charge in [0.25, 0.3) is 0 Å². The van der Waals surface area contributed by atoms with E-state index < -0.39 is 0 Å². The Balaban J connectivity index is 2.28. The highest BCUT2D eigenvalue weighted by molar-refractivity contribution is 4.79. The lowest BCUT2D eigenvalue weighted by atomic mass is 9.93. The molecule has 0 aromatic heterocycles. The lowest BCUT2D eigenvalue weighted by molar-refractivity contribution is -0.117. The molecule has 0 amide bonds. The first kappa shape index (κ1) is 9.96. The summed E-state index contributed by atoms with van der Waals surface area (Å²) in [6, 6.07) is 0.601. The highest BCUT2D eigenvalue weighted by Crippen LogP contribution is 2.15. The number of hydrogen-bond donors (Lipinski definition) is 1. The number of piperidine rings is 1. The molecule has 0 aromatic carbocycles. The minimum absolute atomic E-state index is 0.601. The third kappa shape index (κ3) is 2.73. The Bertz CT molecular complexity index is 130. The van der Waals surface area contributed by atoms with E-state index in [0.717, 1.165) is 19.0 Å². The van der Waals surface area contributed by atoms with Crippen LogP contribution in [0.1, 0.15) is 19.8 Å². The van der Waals surface area contributed by atoms with Gasteiger partial charge < -0.3 is 10.2 Å². The van der Waals surface area contributed by atoms with Crippen LogP contribution in [-0.4, -0.2) is 38.4 Å². The van der Waals surface area contributed by atoms with Gasteiger partial charge in [0.05, 0.1) is 7.11 Å². The highest BCUT2D eigenvalue weighted by Gasteiger charge is 2.21. The summed E-state index contributed by atoms with van der Waals surface area (Å²) in [5.74, 6) is 0.774. The Labute approximate surface area is 75.0 Å². The topological polar surface area (TPSA) is 24.5 Å². The Morgan fingerprint density at radius 2 is 2.33 bits per heavy atom. The van der Waals surface area contributed by atoms with Gasteiger partial charge in [0.15, 0.2) is 0 Å². The first-order chi connectivity index (χ1) is 5.74. The predicted molar refractivity (Wildman–Crippen MR) is 49.8 cm³/mol. The molecule has 0 bridgehead atoms. The van der Waals surface area contributed by atoms with Crippen molar-refractivity contribution < 1.29 is 4.84 Å². The van der Waals surface area contributed by atoms with Crippen molar-refractivity contribution in [2.45, 2.75) is 25.8 Å². The summed E-state index contributed by atoms with van der Waals surface area (Å²) in [5.41, 5.74) is 0. The van der Waals surface area contributed by atoms with Crippen LogP contribution in [0, 0.1) is 5.92 Å². The Hall–Kier alpha value is -0.120. The molecule has 1 heterocycles. The smallest absolute Gasteiger partial charge is 0.0575 e. The van der Waals surface area contributed by atoms with Gasteiger partial charge in [0, 0.05) is 19.6 Å². The fourth-order valence-electron chi connectivity index (χ4n) is 1.71. The number of likely N-dealkylation sites (N-methyl/N-ethyl adjacent to an activating group) is 1. The zero-order chi connectivity index (χ0) is 8.97. The van der Waals surface area contributed by atoms with Crippen LogP contribution in [0.15, 0.2) is 0 Å². The van der Waals surface area contributed by atoms with Crippen molar-refractivity contribution in [2.24, 2.45) is 5.92 Å². The van der Waals surface area contributed by atoms with Crippen LogP contribution < -0.4 is 5.32 Å². The van der Waals surface area contributed by atoms with Crippen LogP contribution in [0.25, 0.3) is 0 Å². The minimum Gasteiger partial charge on any atom is -0.312 e. The third-order valence-electron chi connectivity index (χ3n) is 2.70. The van der Waals surface area contributed by atoms with Gasteiger partial charge in [-0.2, -0.15) is 5.06 Å². The molecule has 1 saturated heterocycles. The van der Waals surface area contributed by atoms with Crippen LogP contribution in [-0.2, 0) is 4.84 Å². The SMILES string of the molecule is CON(C)CC1NCCCC1C. The number of nitrogens with one attached hydrogen (secondary N) is 1. The maximum atomic E-state index is 5.09. The second-order valence-electron chi connectivity index (χ2n) is 3.67. The molecule has 1 aliphatic rings. The van der Waals surface area contributed by atoms with E-state index >= 15 is 0 Å². The summed E-state index contributed by atoms with van der Waals surface area (Å²) in [7, 11) is 3.69. The maximum absolute atomic E-state index is 5.09. The maximum Gasteiger partial charge on any atom is 0.0575 e. The van der Waals surface area contributed by atoms with Gasteiger partial charge in [-0.1, -0.05) is 6.92 Å². The largest absolute Gasteiger partial charge is 0.312 e.